The van der Waals surface area contributed by atoms with Gasteiger partial charge in [-0.2, -0.15) is 0 Å². The first-order valence-corrected chi connectivity index (χ1v) is 8.20. The van der Waals surface area contributed by atoms with Crippen molar-refractivity contribution in [2.75, 3.05) is 14.2 Å². The van der Waals surface area contributed by atoms with Crippen LogP contribution in [0.5, 0.6) is 11.5 Å². The number of rotatable bonds is 8. The maximum absolute atomic E-state index is 12.5. The van der Waals surface area contributed by atoms with Gasteiger partial charge in [0.05, 0.1) is 14.2 Å². The van der Waals surface area contributed by atoms with Gasteiger partial charge in [-0.1, -0.05) is 31.2 Å². The Morgan fingerprint density at radius 1 is 0.833 bits per heavy atom. The van der Waals surface area contributed by atoms with Gasteiger partial charge < -0.3 is 14.4 Å². The van der Waals surface area contributed by atoms with E-state index < -0.39 is 0 Å². The predicted molar refractivity (Wildman–Crippen MR) is 95.2 cm³/mol. The van der Waals surface area contributed by atoms with Gasteiger partial charge in [-0.3, -0.25) is 4.79 Å². The molecule has 0 aromatic heterocycles. The predicted octanol–water partition coefficient (Wildman–Crippen LogP) is 4.03. The van der Waals surface area contributed by atoms with Gasteiger partial charge in [0.2, 0.25) is 5.91 Å². The van der Waals surface area contributed by atoms with Gasteiger partial charge in [-0.05, 0) is 41.8 Å². The average molecular weight is 327 g/mol. The Labute approximate surface area is 144 Å². The van der Waals surface area contributed by atoms with Crippen molar-refractivity contribution in [2.24, 2.45) is 0 Å². The molecule has 0 unspecified atom stereocenters. The van der Waals surface area contributed by atoms with Crippen molar-refractivity contribution >= 4 is 5.91 Å². The number of nitrogens with zero attached hydrogens (tertiary/aromatic N) is 1. The van der Waals surface area contributed by atoms with Crippen LogP contribution in [0.15, 0.2) is 48.5 Å². The second-order valence-electron chi connectivity index (χ2n) is 5.70. The largest absolute Gasteiger partial charge is 0.497 e. The third-order valence-corrected chi connectivity index (χ3v) is 3.88. The van der Waals surface area contributed by atoms with E-state index in [-0.39, 0.29) is 5.91 Å². The molecule has 0 saturated carbocycles. The molecule has 0 bridgehead atoms. The van der Waals surface area contributed by atoms with Crippen LogP contribution in [-0.2, 0) is 17.9 Å². The number of hydrogen-bond donors (Lipinski definition) is 0. The van der Waals surface area contributed by atoms with Crippen molar-refractivity contribution in [2.45, 2.75) is 32.9 Å². The highest BCUT2D eigenvalue weighted by atomic mass is 16.5. The van der Waals surface area contributed by atoms with E-state index in [2.05, 4.69) is 0 Å². The Morgan fingerprint density at radius 2 is 1.25 bits per heavy atom. The van der Waals surface area contributed by atoms with Crippen molar-refractivity contribution < 1.29 is 14.3 Å². The molecule has 4 heteroatoms. The molecule has 0 aliphatic rings. The van der Waals surface area contributed by atoms with Crippen LogP contribution in [0.4, 0.5) is 0 Å². The minimum absolute atomic E-state index is 0.170. The summed E-state index contributed by atoms with van der Waals surface area (Å²) in [5.74, 6) is 1.81. The Balaban J connectivity index is 2.11. The van der Waals surface area contributed by atoms with Crippen molar-refractivity contribution in [3.8, 4) is 11.5 Å². The molecule has 0 N–H and O–H groups in total. The van der Waals surface area contributed by atoms with Crippen LogP contribution >= 0.6 is 0 Å². The molecule has 2 aromatic rings. The smallest absolute Gasteiger partial charge is 0.223 e. The first-order valence-electron chi connectivity index (χ1n) is 8.20. The molecule has 0 atom stereocenters. The minimum Gasteiger partial charge on any atom is -0.497 e. The van der Waals surface area contributed by atoms with Crippen molar-refractivity contribution in [1.82, 2.24) is 4.90 Å². The van der Waals surface area contributed by atoms with E-state index in [9.17, 15) is 4.79 Å². The fourth-order valence-electron chi connectivity index (χ4n) is 2.51. The molecule has 0 saturated heterocycles. The lowest BCUT2D eigenvalue weighted by Gasteiger charge is -2.23. The average Bonchev–Trinajstić information content (AvgIpc) is 2.62. The SMILES string of the molecule is CCCC(=O)N(Cc1ccc(OC)cc1)Cc1ccc(OC)cc1. The van der Waals surface area contributed by atoms with E-state index in [0.717, 1.165) is 29.0 Å². The molecule has 4 nitrogen and oxygen atoms in total. The van der Waals surface area contributed by atoms with Crippen molar-refractivity contribution in [1.29, 1.82) is 0 Å². The van der Waals surface area contributed by atoms with E-state index in [1.54, 1.807) is 14.2 Å². The number of ether oxygens (including phenoxy) is 2. The first kappa shape index (κ1) is 17.9. The third kappa shape index (κ3) is 5.01. The van der Waals surface area contributed by atoms with Crippen LogP contribution in [0.1, 0.15) is 30.9 Å². The van der Waals surface area contributed by atoms with E-state index in [1.807, 2.05) is 60.4 Å². The zero-order chi connectivity index (χ0) is 17.4. The van der Waals surface area contributed by atoms with Gasteiger partial charge in [-0.15, -0.1) is 0 Å². The standard InChI is InChI=1S/C20H25NO3/c1-4-5-20(22)21(14-16-6-10-18(23-2)11-7-16)15-17-8-12-19(24-3)13-9-17/h6-13H,4-5,14-15H2,1-3H3. The summed E-state index contributed by atoms with van der Waals surface area (Å²) in [4.78, 5) is 14.4. The summed E-state index contributed by atoms with van der Waals surface area (Å²) in [6, 6.07) is 15.7. The Morgan fingerprint density at radius 3 is 1.58 bits per heavy atom. The van der Waals surface area contributed by atoms with Crippen LogP contribution in [0.3, 0.4) is 0 Å². The van der Waals surface area contributed by atoms with Crippen LogP contribution in [0, 0.1) is 0 Å². The zero-order valence-corrected chi connectivity index (χ0v) is 14.6. The highest BCUT2D eigenvalue weighted by Gasteiger charge is 2.14. The lowest BCUT2D eigenvalue weighted by Crippen LogP contribution is -2.29. The number of benzene rings is 2. The summed E-state index contributed by atoms with van der Waals surface area (Å²) >= 11 is 0. The monoisotopic (exact) mass is 327 g/mol. The van der Waals surface area contributed by atoms with Gasteiger partial charge in [-0.25, -0.2) is 0 Å². The molecule has 0 aliphatic carbocycles. The molecule has 1 amide bonds. The summed E-state index contributed by atoms with van der Waals surface area (Å²) < 4.78 is 10.4. The molecule has 2 aromatic carbocycles. The summed E-state index contributed by atoms with van der Waals surface area (Å²) in [6.07, 6.45) is 1.41. The number of carbonyl (C=O) groups excluding carboxylic acids is 1. The molecule has 0 aliphatic heterocycles. The fraction of sp³-hybridized carbons (Fsp3) is 0.350. The lowest BCUT2D eigenvalue weighted by atomic mass is 10.1. The van der Waals surface area contributed by atoms with Crippen molar-refractivity contribution in [3.05, 3.63) is 59.7 Å². The second-order valence-corrected chi connectivity index (χ2v) is 5.70. The maximum atomic E-state index is 12.5. The molecule has 0 heterocycles. The molecule has 0 spiro atoms. The minimum atomic E-state index is 0.170. The van der Waals surface area contributed by atoms with E-state index >= 15 is 0 Å². The van der Waals surface area contributed by atoms with Crippen LogP contribution in [0.25, 0.3) is 0 Å². The number of methoxy groups -OCH3 is 2. The molecule has 24 heavy (non-hydrogen) atoms. The van der Waals surface area contributed by atoms with Gasteiger partial charge in [0, 0.05) is 19.5 Å². The number of amides is 1. The topological polar surface area (TPSA) is 38.8 Å². The molecule has 0 radical (unpaired) electrons. The highest BCUT2D eigenvalue weighted by molar-refractivity contribution is 5.76. The van der Waals surface area contributed by atoms with Crippen molar-refractivity contribution in [3.63, 3.8) is 0 Å². The van der Waals surface area contributed by atoms with Gasteiger partial charge in [0.1, 0.15) is 11.5 Å². The fourth-order valence-corrected chi connectivity index (χ4v) is 2.51. The van der Waals surface area contributed by atoms with Crippen LogP contribution < -0.4 is 9.47 Å². The Hall–Kier alpha value is -2.49. The Kier molecular flexibility index (Phi) is 6.67. The number of carbonyl (C=O) groups is 1. The normalized spacial score (nSPS) is 10.3. The van der Waals surface area contributed by atoms with E-state index in [1.165, 1.54) is 0 Å². The summed E-state index contributed by atoms with van der Waals surface area (Å²) in [5.41, 5.74) is 2.18. The highest BCUT2D eigenvalue weighted by Crippen LogP contribution is 2.17. The third-order valence-electron chi connectivity index (χ3n) is 3.88. The second kappa shape index (κ2) is 8.96. The van der Waals surface area contributed by atoms with Crippen LogP contribution in [-0.4, -0.2) is 25.0 Å². The molecule has 2 rings (SSSR count). The molecule has 0 fully saturated rings. The quantitative estimate of drug-likeness (QED) is 0.735. The number of hydrogen-bond acceptors (Lipinski definition) is 3. The Bertz CT molecular complexity index is 585. The maximum Gasteiger partial charge on any atom is 0.223 e. The first-order chi connectivity index (χ1) is 11.7. The van der Waals surface area contributed by atoms with Gasteiger partial charge in [0.25, 0.3) is 0 Å². The molecule has 128 valence electrons. The molecular formula is C20H25NO3. The summed E-state index contributed by atoms with van der Waals surface area (Å²) in [5, 5.41) is 0. The molecular weight excluding hydrogens is 302 g/mol. The lowest BCUT2D eigenvalue weighted by molar-refractivity contribution is -0.132. The van der Waals surface area contributed by atoms with Crippen LogP contribution in [0.2, 0.25) is 0 Å². The van der Waals surface area contributed by atoms with Gasteiger partial charge >= 0.3 is 0 Å². The van der Waals surface area contributed by atoms with Gasteiger partial charge in [0.15, 0.2) is 0 Å². The summed E-state index contributed by atoms with van der Waals surface area (Å²) in [7, 11) is 3.30. The van der Waals surface area contributed by atoms with E-state index in [0.29, 0.717) is 19.5 Å². The van der Waals surface area contributed by atoms with E-state index in [4.69, 9.17) is 9.47 Å². The zero-order valence-electron chi connectivity index (χ0n) is 14.6. The summed E-state index contributed by atoms with van der Waals surface area (Å²) in [6.45, 7) is 3.21.